The van der Waals surface area contributed by atoms with E-state index in [2.05, 4.69) is 56.5 Å². The number of carbonyl (C=O) groups is 2. The van der Waals surface area contributed by atoms with Crippen molar-refractivity contribution in [2.75, 3.05) is 13.2 Å². The molecule has 0 spiro atoms. The highest BCUT2D eigenvalue weighted by Crippen LogP contribution is 2.26. The summed E-state index contributed by atoms with van der Waals surface area (Å²) in [5.74, 6) is -1.28. The lowest BCUT2D eigenvalue weighted by atomic mass is 9.99. The number of aliphatic hydroxyl groups excluding tert-OH is 5. The van der Waals surface area contributed by atoms with E-state index in [0.717, 1.165) is 57.8 Å². The van der Waals surface area contributed by atoms with Crippen LogP contribution in [0.5, 0.6) is 0 Å². The SMILES string of the molecule is CC/C=C/C=C/C=C\C=C/C=C/CCC(O)C(=O)NC(COC1OC(CO)C(O)C(O)C1OC(=O)CCCCCCCCCCCCCCCCC/C=C\C/C=C\CCCCC)C(O)/C=C/CCCCCCCCCCC. The van der Waals surface area contributed by atoms with Crippen molar-refractivity contribution in [3.8, 4) is 0 Å². The van der Waals surface area contributed by atoms with Gasteiger partial charge < -0.3 is 45.1 Å². The topological polar surface area (TPSA) is 175 Å². The second kappa shape index (κ2) is 53.2. The summed E-state index contributed by atoms with van der Waals surface area (Å²) in [5.41, 5.74) is 0. The Morgan fingerprint density at radius 1 is 0.532 bits per heavy atom. The van der Waals surface area contributed by atoms with Crippen LogP contribution in [0, 0.1) is 0 Å². The summed E-state index contributed by atoms with van der Waals surface area (Å²) < 4.78 is 17.6. The first-order chi connectivity index (χ1) is 37.7. The number of allylic oxidation sites excluding steroid dienone is 15. The molecule has 8 unspecified atom stereocenters. The minimum absolute atomic E-state index is 0.111. The first kappa shape index (κ1) is 71.6. The third-order valence-corrected chi connectivity index (χ3v) is 14.1. The average molecular weight is 1080 g/mol. The van der Waals surface area contributed by atoms with Crippen molar-refractivity contribution >= 4 is 11.9 Å². The van der Waals surface area contributed by atoms with Gasteiger partial charge in [0, 0.05) is 6.42 Å². The van der Waals surface area contributed by atoms with Crippen molar-refractivity contribution in [3.63, 3.8) is 0 Å². The molecule has 0 bridgehead atoms. The average Bonchev–Trinajstić information content (AvgIpc) is 3.43. The Hall–Kier alpha value is -3.42. The van der Waals surface area contributed by atoms with Gasteiger partial charge in [-0.25, -0.2) is 0 Å². The van der Waals surface area contributed by atoms with Crippen molar-refractivity contribution in [3.05, 3.63) is 97.2 Å². The van der Waals surface area contributed by atoms with E-state index in [0.29, 0.717) is 12.8 Å². The van der Waals surface area contributed by atoms with Crippen LogP contribution in [0.15, 0.2) is 97.2 Å². The molecule has 11 nitrogen and oxygen atoms in total. The Bertz CT molecular complexity index is 1620. The zero-order valence-corrected chi connectivity index (χ0v) is 48.8. The Morgan fingerprint density at radius 3 is 1.51 bits per heavy atom. The van der Waals surface area contributed by atoms with Crippen LogP contribution in [-0.2, 0) is 23.8 Å². The van der Waals surface area contributed by atoms with Crippen LogP contribution in [0.4, 0.5) is 0 Å². The van der Waals surface area contributed by atoms with Crippen molar-refractivity contribution in [1.82, 2.24) is 5.32 Å². The Labute approximate surface area is 469 Å². The van der Waals surface area contributed by atoms with E-state index in [1.165, 1.54) is 141 Å². The van der Waals surface area contributed by atoms with Crippen LogP contribution in [0.1, 0.15) is 245 Å². The summed E-state index contributed by atoms with van der Waals surface area (Å²) in [7, 11) is 0. The highest BCUT2D eigenvalue weighted by molar-refractivity contribution is 5.80. The number of aliphatic hydroxyl groups is 5. The molecule has 0 aliphatic carbocycles. The normalized spacial score (nSPS) is 19.7. The maximum Gasteiger partial charge on any atom is 0.306 e. The molecule has 1 amide bonds. The molecule has 0 radical (unpaired) electrons. The summed E-state index contributed by atoms with van der Waals surface area (Å²) >= 11 is 0. The standard InChI is InChI=1S/C66H113NO10/c1-4-7-10-13-16-19-22-24-25-26-27-28-29-30-31-32-33-34-35-36-39-42-45-48-51-54-61(71)77-64-63(73)62(72)60(55-68)76-66(64)75-56-57(58(69)52-49-46-43-40-37-21-18-15-12-9-6-3)67-65(74)59(70)53-50-47-44-41-38-23-20-17-14-11-8-5-2/h8,11,14,16-17,19-20,23-25,38,41,44,47,49,52,57-60,62-64,66,68-70,72-73H,4-7,9-10,12-13,15,18,21-22,26-37,39-40,42-43,45-46,48,50-51,53-56H2,1-3H3,(H,67,74)/b11-8+,17-14+,19-16-,23-20-,25-24-,41-38-,47-44+,52-49+. The van der Waals surface area contributed by atoms with E-state index in [1.54, 1.807) is 6.08 Å². The van der Waals surface area contributed by atoms with Crippen molar-refractivity contribution in [2.45, 2.75) is 294 Å². The van der Waals surface area contributed by atoms with Gasteiger partial charge in [0.15, 0.2) is 12.4 Å². The number of carbonyl (C=O) groups excluding carboxylic acids is 2. The predicted molar refractivity (Wildman–Crippen MR) is 319 cm³/mol. The van der Waals surface area contributed by atoms with E-state index >= 15 is 0 Å². The zero-order chi connectivity index (χ0) is 56.1. The predicted octanol–water partition coefficient (Wildman–Crippen LogP) is 14.7. The van der Waals surface area contributed by atoms with Gasteiger partial charge in [-0.15, -0.1) is 0 Å². The minimum Gasteiger partial charge on any atom is -0.454 e. The molecule has 8 atom stereocenters. The summed E-state index contributed by atoms with van der Waals surface area (Å²) in [5, 5.41) is 56.7. The molecule has 1 aliphatic heterocycles. The van der Waals surface area contributed by atoms with Crippen LogP contribution in [0.25, 0.3) is 0 Å². The summed E-state index contributed by atoms with van der Waals surface area (Å²) in [6.45, 7) is 5.55. The van der Waals surface area contributed by atoms with Crippen LogP contribution in [0.2, 0.25) is 0 Å². The fourth-order valence-corrected chi connectivity index (χ4v) is 9.18. The quantitative estimate of drug-likeness (QED) is 0.0149. The largest absolute Gasteiger partial charge is 0.454 e. The Morgan fingerprint density at radius 2 is 0.987 bits per heavy atom. The second-order valence-corrected chi connectivity index (χ2v) is 21.2. The third-order valence-electron chi connectivity index (χ3n) is 14.1. The Kier molecular flexibility index (Phi) is 49.5. The molecule has 0 saturated carbocycles. The van der Waals surface area contributed by atoms with Gasteiger partial charge in [-0.2, -0.15) is 0 Å². The number of rotatable bonds is 51. The lowest BCUT2D eigenvalue weighted by Gasteiger charge is -2.41. The number of ether oxygens (including phenoxy) is 3. The molecule has 1 fully saturated rings. The fraction of sp³-hybridized carbons (Fsp3) is 0.727. The number of hydrogen-bond acceptors (Lipinski definition) is 10. The first-order valence-corrected chi connectivity index (χ1v) is 31.1. The molecule has 6 N–H and O–H groups in total. The molecule has 1 saturated heterocycles. The minimum atomic E-state index is -1.63. The van der Waals surface area contributed by atoms with Gasteiger partial charge in [-0.3, -0.25) is 9.59 Å². The van der Waals surface area contributed by atoms with Crippen molar-refractivity contribution in [1.29, 1.82) is 0 Å². The van der Waals surface area contributed by atoms with Crippen LogP contribution >= 0.6 is 0 Å². The van der Waals surface area contributed by atoms with Gasteiger partial charge in [0.2, 0.25) is 5.91 Å². The van der Waals surface area contributed by atoms with Crippen LogP contribution in [0.3, 0.4) is 0 Å². The molecule has 0 aromatic carbocycles. The van der Waals surface area contributed by atoms with E-state index in [1.807, 2.05) is 60.8 Å². The van der Waals surface area contributed by atoms with Gasteiger partial charge in [-0.1, -0.05) is 266 Å². The molecule has 77 heavy (non-hydrogen) atoms. The zero-order valence-electron chi connectivity index (χ0n) is 48.8. The number of unbranched alkanes of at least 4 members (excludes halogenated alkanes) is 27. The van der Waals surface area contributed by atoms with E-state index in [-0.39, 0.29) is 19.4 Å². The van der Waals surface area contributed by atoms with Gasteiger partial charge in [-0.05, 0) is 70.6 Å². The number of amides is 1. The maximum atomic E-state index is 13.3. The molecular weight excluding hydrogens is 967 g/mol. The lowest BCUT2D eigenvalue weighted by molar-refractivity contribution is -0.305. The fourth-order valence-electron chi connectivity index (χ4n) is 9.18. The van der Waals surface area contributed by atoms with Gasteiger partial charge in [0.25, 0.3) is 0 Å². The van der Waals surface area contributed by atoms with E-state index < -0.39 is 67.4 Å². The summed E-state index contributed by atoms with van der Waals surface area (Å²) in [4.78, 5) is 26.5. The van der Waals surface area contributed by atoms with Gasteiger partial charge >= 0.3 is 5.97 Å². The molecule has 0 aromatic rings. The molecule has 1 heterocycles. The highest BCUT2D eigenvalue weighted by atomic mass is 16.7. The molecule has 1 aliphatic rings. The second-order valence-electron chi connectivity index (χ2n) is 21.2. The molecule has 11 heteroatoms. The smallest absolute Gasteiger partial charge is 0.306 e. The highest BCUT2D eigenvalue weighted by Gasteiger charge is 2.47. The third kappa shape index (κ3) is 41.3. The van der Waals surface area contributed by atoms with E-state index in [9.17, 15) is 35.1 Å². The monoisotopic (exact) mass is 1080 g/mol. The maximum absolute atomic E-state index is 13.3. The summed E-state index contributed by atoms with van der Waals surface area (Å²) in [6, 6.07) is -1.06. The van der Waals surface area contributed by atoms with E-state index in [4.69, 9.17) is 14.2 Å². The number of nitrogens with one attached hydrogen (secondary N) is 1. The first-order valence-electron chi connectivity index (χ1n) is 31.1. The van der Waals surface area contributed by atoms with Crippen molar-refractivity contribution < 1.29 is 49.3 Å². The molecule has 442 valence electrons. The van der Waals surface area contributed by atoms with Gasteiger partial charge in [0.05, 0.1) is 25.4 Å². The number of hydrogen-bond donors (Lipinski definition) is 6. The van der Waals surface area contributed by atoms with Crippen molar-refractivity contribution in [2.24, 2.45) is 0 Å². The Balaban J connectivity index is 2.60. The van der Waals surface area contributed by atoms with Crippen LogP contribution in [-0.4, -0.2) is 99.6 Å². The number of esters is 1. The van der Waals surface area contributed by atoms with Crippen LogP contribution < -0.4 is 5.32 Å². The molecule has 0 aromatic heterocycles. The summed E-state index contributed by atoms with van der Waals surface area (Å²) in [6.07, 6.45) is 60.5. The van der Waals surface area contributed by atoms with Gasteiger partial charge in [0.1, 0.15) is 24.4 Å². The molecular formula is C66H113NO10. The molecule has 1 rings (SSSR count). The lowest BCUT2D eigenvalue weighted by Crippen LogP contribution is -2.61.